The van der Waals surface area contributed by atoms with Crippen molar-refractivity contribution >= 4 is 45.7 Å². The van der Waals surface area contributed by atoms with Gasteiger partial charge in [-0.05, 0) is 96.8 Å². The maximum absolute atomic E-state index is 13.9. The van der Waals surface area contributed by atoms with Crippen molar-refractivity contribution in [2.45, 2.75) is 86.0 Å². The molecule has 18 nitrogen and oxygen atoms in total. The number of nitrogens with two attached hydrogens (primary N) is 2. The van der Waals surface area contributed by atoms with E-state index in [4.69, 9.17) is 16.2 Å². The van der Waals surface area contributed by atoms with Gasteiger partial charge in [0.15, 0.2) is 0 Å². The summed E-state index contributed by atoms with van der Waals surface area (Å²) in [6.45, 7) is 12.5. The van der Waals surface area contributed by atoms with Gasteiger partial charge < -0.3 is 39.6 Å². The fourth-order valence-electron chi connectivity index (χ4n) is 7.55. The van der Waals surface area contributed by atoms with Crippen molar-refractivity contribution in [1.29, 1.82) is 0 Å². The van der Waals surface area contributed by atoms with Gasteiger partial charge in [-0.2, -0.15) is 20.2 Å². The maximum atomic E-state index is 13.9. The maximum Gasteiger partial charge on any atom is 0.298 e. The molecule has 0 aliphatic carbocycles. The number of aliphatic hydroxyl groups is 1. The Morgan fingerprint density at radius 2 is 1.24 bits per heavy atom. The predicted octanol–water partition coefficient (Wildman–Crippen LogP) is 3.37. The van der Waals surface area contributed by atoms with Crippen molar-refractivity contribution in [1.82, 2.24) is 37.8 Å². The zero-order valence-electron chi connectivity index (χ0n) is 34.8. The van der Waals surface area contributed by atoms with Crippen LogP contribution in [0.15, 0.2) is 52.4 Å². The molecule has 18 heteroatoms. The van der Waals surface area contributed by atoms with Crippen LogP contribution in [0.25, 0.3) is 22.1 Å². The van der Waals surface area contributed by atoms with Gasteiger partial charge >= 0.3 is 0 Å². The molecule has 4 amide bonds. The number of carbonyl (C=O) groups is 4. The number of hydrogen-bond donors (Lipinski definition) is 3. The molecule has 0 saturated carbocycles. The van der Waals surface area contributed by atoms with Crippen LogP contribution in [0, 0.1) is 13.8 Å². The summed E-state index contributed by atoms with van der Waals surface area (Å²) >= 11 is 0. The molecule has 0 saturated heterocycles. The van der Waals surface area contributed by atoms with Gasteiger partial charge in [0.05, 0.1) is 34.5 Å². The lowest BCUT2D eigenvalue weighted by molar-refractivity contribution is 0.0977. The molecule has 0 spiro atoms. The molecule has 59 heavy (non-hydrogen) atoms. The molecule has 312 valence electrons. The molecule has 0 aliphatic heterocycles. The zero-order chi connectivity index (χ0) is 42.9. The second-order valence-electron chi connectivity index (χ2n) is 14.7. The van der Waals surface area contributed by atoms with E-state index < -0.39 is 23.6 Å². The van der Waals surface area contributed by atoms with E-state index in [1.807, 2.05) is 50.7 Å². The molecule has 2 atom stereocenters. The van der Waals surface area contributed by atoms with E-state index in [2.05, 4.69) is 20.2 Å². The minimum absolute atomic E-state index is 0.0984. The van der Waals surface area contributed by atoms with Crippen molar-refractivity contribution in [3.63, 3.8) is 0 Å². The first kappa shape index (κ1) is 42.1. The average Bonchev–Trinajstić information content (AvgIpc) is 3.94. The highest BCUT2D eigenvalue weighted by atomic mass is 16.5. The van der Waals surface area contributed by atoms with Crippen LogP contribution in [0.2, 0.25) is 0 Å². The number of nitrogens with zero attached hydrogens (tertiary/aromatic N) is 10. The van der Waals surface area contributed by atoms with E-state index in [0.717, 1.165) is 5.52 Å². The third-order valence-electron chi connectivity index (χ3n) is 10.5. The molecular weight excluding hydrogens is 757 g/mol. The van der Waals surface area contributed by atoms with E-state index in [-0.39, 0.29) is 30.9 Å². The van der Waals surface area contributed by atoms with Crippen LogP contribution in [0.4, 0.5) is 0 Å². The summed E-state index contributed by atoms with van der Waals surface area (Å²) in [7, 11) is 3.54. The molecule has 5 N–H and O–H groups in total. The summed E-state index contributed by atoms with van der Waals surface area (Å²) in [5.74, 6) is -1.86. The number of aryl methyl sites for hydroxylation is 6. The standard InChI is InChI=1S/C41H52N12O6/c1-9-50-32(18-23(3)46-50)38(57)44-40-48(7)30-20-27(36(42)55)14-15-29(30)52(40)25(5)12-13-26(6)53-35-31(21-28(37(43)56)22-34(35)59-17-11-16-54)49(8)41(53)45-39(58)33-19-24(4)47-51(33)10-2/h14-15,18-22,25-26,54H,9-13,16-17H2,1-8H3,(H2,42,55)(H2,43,56)/b44-40+,45-41+. The number of amides is 4. The molecule has 4 heterocycles. The highest BCUT2D eigenvalue weighted by molar-refractivity contribution is 5.99. The molecule has 4 aromatic heterocycles. The van der Waals surface area contributed by atoms with E-state index in [1.54, 1.807) is 75.1 Å². The van der Waals surface area contributed by atoms with Gasteiger partial charge in [-0.3, -0.25) is 28.5 Å². The Labute approximate surface area is 340 Å². The summed E-state index contributed by atoms with van der Waals surface area (Å²) in [6, 6.07) is 11.2. The number of rotatable bonds is 15. The summed E-state index contributed by atoms with van der Waals surface area (Å²) < 4.78 is 16.8. The number of benzene rings is 2. The Morgan fingerprint density at radius 1 is 0.729 bits per heavy atom. The lowest BCUT2D eigenvalue weighted by Gasteiger charge is -2.21. The van der Waals surface area contributed by atoms with Crippen molar-refractivity contribution < 1.29 is 29.0 Å². The normalized spacial score (nSPS) is 13.4. The van der Waals surface area contributed by atoms with E-state index in [0.29, 0.717) is 94.2 Å². The van der Waals surface area contributed by atoms with Crippen molar-refractivity contribution in [2.24, 2.45) is 35.5 Å². The molecule has 0 aliphatic rings. The number of aliphatic hydroxyl groups excluding tert-OH is 1. The molecule has 6 rings (SSSR count). The lowest BCUT2D eigenvalue weighted by atomic mass is 10.1. The smallest absolute Gasteiger partial charge is 0.298 e. The molecule has 6 aromatic rings. The van der Waals surface area contributed by atoms with Gasteiger partial charge in [0, 0.05) is 63.4 Å². The largest absolute Gasteiger partial charge is 0.491 e. The second kappa shape index (κ2) is 17.1. The number of hydrogen-bond acceptors (Lipinski definition) is 8. The minimum Gasteiger partial charge on any atom is -0.491 e. The number of fused-ring (bicyclic) bond motifs is 2. The molecule has 2 unspecified atom stereocenters. The van der Waals surface area contributed by atoms with E-state index in [9.17, 15) is 24.3 Å². The Balaban J connectivity index is 1.49. The SMILES string of the molecule is CCn1nc(C)cc1C(=O)/N=c1\n(C)c2cc(C(N)=O)ccc2n1C(C)CCC(C)n1/c(=N/C(=O)c2cc(C)nn2CC)n(C)c2cc(C(N)=O)cc(OCCCO)c21. The quantitative estimate of drug-likeness (QED) is 0.130. The third-order valence-corrected chi connectivity index (χ3v) is 10.5. The highest BCUT2D eigenvalue weighted by Gasteiger charge is 2.25. The van der Waals surface area contributed by atoms with Crippen molar-refractivity contribution in [3.05, 3.63) is 87.6 Å². The average molecular weight is 809 g/mol. The number of aromatic nitrogens is 8. The fourth-order valence-corrected chi connectivity index (χ4v) is 7.55. The molecular formula is C41H52N12O6. The Hall–Kier alpha value is -6.56. The van der Waals surface area contributed by atoms with Crippen LogP contribution in [0.5, 0.6) is 5.75 Å². The first-order chi connectivity index (χ1) is 28.1. The van der Waals surface area contributed by atoms with Crippen LogP contribution in [0.1, 0.15) is 112 Å². The summed E-state index contributed by atoms with van der Waals surface area (Å²) in [5.41, 5.74) is 17.2. The van der Waals surface area contributed by atoms with Gasteiger partial charge in [-0.25, -0.2) is 0 Å². The first-order valence-corrected chi connectivity index (χ1v) is 19.7. The van der Waals surface area contributed by atoms with Crippen molar-refractivity contribution in [2.75, 3.05) is 13.2 Å². The topological polar surface area (TPSA) is 230 Å². The second-order valence-corrected chi connectivity index (χ2v) is 14.7. The van der Waals surface area contributed by atoms with Gasteiger partial charge in [-0.15, -0.1) is 0 Å². The Morgan fingerprint density at radius 3 is 1.76 bits per heavy atom. The minimum atomic E-state index is -0.658. The van der Waals surface area contributed by atoms with E-state index in [1.165, 1.54) is 0 Å². The Bertz CT molecular complexity index is 2760. The van der Waals surface area contributed by atoms with Gasteiger partial charge in [0.2, 0.25) is 23.1 Å². The molecule has 0 bridgehead atoms. The zero-order valence-corrected chi connectivity index (χ0v) is 34.8. The van der Waals surface area contributed by atoms with Crippen LogP contribution < -0.4 is 27.4 Å². The van der Waals surface area contributed by atoms with Crippen LogP contribution in [-0.4, -0.2) is 79.8 Å². The summed E-state index contributed by atoms with van der Waals surface area (Å²) in [4.78, 5) is 61.8. The fraction of sp³-hybridized carbons (Fsp3) is 0.415. The highest BCUT2D eigenvalue weighted by Crippen LogP contribution is 2.32. The number of primary amides is 2. The van der Waals surface area contributed by atoms with Crippen molar-refractivity contribution in [3.8, 4) is 5.75 Å². The predicted molar refractivity (Wildman–Crippen MR) is 220 cm³/mol. The molecule has 2 aromatic carbocycles. The van der Waals surface area contributed by atoms with Crippen LogP contribution in [0.3, 0.4) is 0 Å². The third kappa shape index (κ3) is 8.12. The molecule has 0 radical (unpaired) electrons. The van der Waals surface area contributed by atoms with Gasteiger partial charge in [-0.1, -0.05) is 0 Å². The molecule has 0 fully saturated rings. The van der Waals surface area contributed by atoms with E-state index >= 15 is 0 Å². The van der Waals surface area contributed by atoms with Crippen LogP contribution >= 0.6 is 0 Å². The number of ether oxygens (including phenoxy) is 1. The summed E-state index contributed by atoms with van der Waals surface area (Å²) in [5, 5.41) is 18.4. The lowest BCUT2D eigenvalue weighted by Crippen LogP contribution is -2.30. The number of imidazole rings is 2. The van der Waals surface area contributed by atoms with Gasteiger partial charge in [0.1, 0.15) is 22.7 Å². The number of carbonyl (C=O) groups excluding carboxylic acids is 4. The van der Waals surface area contributed by atoms with Crippen LogP contribution in [-0.2, 0) is 27.2 Å². The first-order valence-electron chi connectivity index (χ1n) is 19.7. The summed E-state index contributed by atoms with van der Waals surface area (Å²) in [6.07, 6.45) is 1.42. The van der Waals surface area contributed by atoms with Gasteiger partial charge in [0.25, 0.3) is 11.8 Å². The monoisotopic (exact) mass is 808 g/mol. The Kier molecular flexibility index (Phi) is 12.2.